The Bertz CT molecular complexity index is 1700. The number of Topliss-reactive ketones (excluding diaryl/α,β-unsaturated/α-hetero) is 1. The second-order valence-corrected chi connectivity index (χ2v) is 10.4. The zero-order valence-corrected chi connectivity index (χ0v) is 23.8. The van der Waals surface area contributed by atoms with Gasteiger partial charge in [-0.3, -0.25) is 29.3 Å². The third-order valence-electron chi connectivity index (χ3n) is 7.59. The van der Waals surface area contributed by atoms with Crippen molar-refractivity contribution in [1.29, 1.82) is 0 Å². The van der Waals surface area contributed by atoms with E-state index in [9.17, 15) is 34.1 Å². The fourth-order valence-corrected chi connectivity index (χ4v) is 5.22. The van der Waals surface area contributed by atoms with Crippen LogP contribution < -0.4 is 9.47 Å². The highest BCUT2D eigenvalue weighted by atomic mass is 16.6. The maximum atomic E-state index is 13.7. The number of nitrogens with zero attached hydrogens (tertiary/aromatic N) is 3. The summed E-state index contributed by atoms with van der Waals surface area (Å²) in [4.78, 5) is 77.0. The lowest BCUT2D eigenvalue weighted by Gasteiger charge is -2.30. The van der Waals surface area contributed by atoms with E-state index in [-0.39, 0.29) is 28.1 Å². The quantitative estimate of drug-likeness (QED) is 0.0664. The summed E-state index contributed by atoms with van der Waals surface area (Å²) in [5, 5.41) is 12.6. The molecule has 3 aromatic rings. The van der Waals surface area contributed by atoms with Crippen molar-refractivity contribution in [3.63, 3.8) is 0 Å². The number of rotatable bonds is 9. The van der Waals surface area contributed by atoms with Crippen molar-refractivity contribution in [2.45, 2.75) is 19.8 Å². The predicted octanol–water partition coefficient (Wildman–Crippen LogP) is 4.40. The molecule has 5 rings (SSSR count). The first kappa shape index (κ1) is 29.8. The van der Waals surface area contributed by atoms with Crippen LogP contribution in [0.4, 0.5) is 5.69 Å². The number of imide groups is 1. The molecule has 44 heavy (non-hydrogen) atoms. The van der Waals surface area contributed by atoms with Crippen molar-refractivity contribution in [1.82, 2.24) is 10.0 Å². The third kappa shape index (κ3) is 5.95. The number of allylic oxidation sites excluding steroid dienone is 2. The number of amides is 3. The number of methoxy groups -OCH3 is 1. The minimum Gasteiger partial charge on any atom is -0.497 e. The second-order valence-electron chi connectivity index (χ2n) is 10.4. The maximum Gasteiger partial charge on any atom is 0.343 e. The molecule has 0 N–H and O–H groups in total. The molecule has 0 bridgehead atoms. The van der Waals surface area contributed by atoms with Gasteiger partial charge in [0, 0.05) is 23.3 Å². The summed E-state index contributed by atoms with van der Waals surface area (Å²) in [6, 6.07) is 16.7. The number of esters is 1. The van der Waals surface area contributed by atoms with E-state index >= 15 is 0 Å². The number of nitro groups is 1. The normalized spacial score (nSPS) is 17.4. The third-order valence-corrected chi connectivity index (χ3v) is 7.59. The van der Waals surface area contributed by atoms with Crippen molar-refractivity contribution in [2.75, 3.05) is 13.7 Å². The van der Waals surface area contributed by atoms with E-state index in [1.807, 2.05) is 13.0 Å². The molecule has 0 saturated carbocycles. The summed E-state index contributed by atoms with van der Waals surface area (Å²) < 4.78 is 10.5. The van der Waals surface area contributed by atoms with Crippen LogP contribution in [0, 0.1) is 22.0 Å². The molecule has 0 spiro atoms. The van der Waals surface area contributed by atoms with Gasteiger partial charge in [-0.2, -0.15) is 5.01 Å². The van der Waals surface area contributed by atoms with Gasteiger partial charge in [-0.25, -0.2) is 9.80 Å². The summed E-state index contributed by atoms with van der Waals surface area (Å²) in [5.74, 6) is -3.95. The predicted molar refractivity (Wildman–Crippen MR) is 155 cm³/mol. The van der Waals surface area contributed by atoms with Crippen LogP contribution in [0.2, 0.25) is 0 Å². The average molecular weight is 598 g/mol. The molecule has 0 unspecified atom stereocenters. The number of non-ortho nitro benzene ring substituents is 1. The molecule has 12 heteroatoms. The van der Waals surface area contributed by atoms with Gasteiger partial charge in [-0.15, -0.1) is 0 Å². The molecule has 1 aliphatic heterocycles. The smallest absolute Gasteiger partial charge is 0.343 e. The van der Waals surface area contributed by atoms with E-state index in [0.717, 1.165) is 27.7 Å². The van der Waals surface area contributed by atoms with Gasteiger partial charge in [0.1, 0.15) is 18.0 Å². The summed E-state index contributed by atoms with van der Waals surface area (Å²) in [6.45, 7) is 1.19. The van der Waals surface area contributed by atoms with Crippen molar-refractivity contribution in [3.05, 3.63) is 111 Å². The Morgan fingerprint density at radius 3 is 2.23 bits per heavy atom. The monoisotopic (exact) mass is 597 g/mol. The lowest BCUT2D eigenvalue weighted by Crippen LogP contribution is -2.52. The van der Waals surface area contributed by atoms with Gasteiger partial charge in [-0.1, -0.05) is 17.7 Å². The van der Waals surface area contributed by atoms with Gasteiger partial charge in [0.2, 0.25) is 0 Å². The molecular formula is C32H27N3O9. The van der Waals surface area contributed by atoms with Gasteiger partial charge >= 0.3 is 5.97 Å². The Morgan fingerprint density at radius 2 is 1.57 bits per heavy atom. The summed E-state index contributed by atoms with van der Waals surface area (Å²) in [5.41, 5.74) is 1.04. The number of benzene rings is 3. The first-order chi connectivity index (χ1) is 21.1. The maximum absolute atomic E-state index is 13.7. The molecule has 0 radical (unpaired) electrons. The van der Waals surface area contributed by atoms with E-state index < -0.39 is 52.8 Å². The molecular weight excluding hydrogens is 570 g/mol. The second kappa shape index (κ2) is 12.3. The fraction of sp³-hybridized carbons (Fsp3) is 0.219. The van der Waals surface area contributed by atoms with Crippen LogP contribution in [-0.2, 0) is 9.59 Å². The highest BCUT2D eigenvalue weighted by Gasteiger charge is 2.51. The van der Waals surface area contributed by atoms with E-state index in [0.29, 0.717) is 18.6 Å². The number of carbonyl (C=O) groups excluding carboxylic acids is 5. The minimum atomic E-state index is -0.845. The molecule has 1 aliphatic carbocycles. The van der Waals surface area contributed by atoms with Gasteiger partial charge in [0.25, 0.3) is 23.4 Å². The van der Waals surface area contributed by atoms with E-state index in [1.165, 1.54) is 49.6 Å². The minimum absolute atomic E-state index is 0.0482. The standard InChI is InChI=1S/C32H27N3O9/c1-19-6-15-26-27(16-19)31(39)34(30(26)38)33(29(37)21-7-11-23(12-8-21)35(41)42)18-28(36)20-9-13-24(14-10-20)44-32(40)22-4-3-5-25(17-22)43-2/h3-14,17,26-27H,15-16,18H2,1-2H3/t26-,27-/m1/s1. The number of nitro benzene ring substituents is 1. The SMILES string of the molecule is COc1cccc(C(=O)Oc2ccc(C(=O)CN(C(=O)c3ccc([N+](=O)[O-])cc3)N3C(=O)[C@@H]4CC=C(C)C[C@H]4C3=O)cc2)c1. The number of hydrogen-bond acceptors (Lipinski definition) is 9. The van der Waals surface area contributed by atoms with Crippen molar-refractivity contribution in [3.8, 4) is 11.5 Å². The topological polar surface area (TPSA) is 153 Å². The van der Waals surface area contributed by atoms with E-state index in [2.05, 4.69) is 0 Å². The molecule has 0 aromatic heterocycles. The highest BCUT2D eigenvalue weighted by molar-refractivity contribution is 6.10. The van der Waals surface area contributed by atoms with Crippen LogP contribution in [0.25, 0.3) is 0 Å². The molecule has 1 saturated heterocycles. The van der Waals surface area contributed by atoms with Crippen LogP contribution in [0.5, 0.6) is 11.5 Å². The van der Waals surface area contributed by atoms with Crippen LogP contribution in [0.3, 0.4) is 0 Å². The lowest BCUT2D eigenvalue weighted by atomic mass is 9.82. The van der Waals surface area contributed by atoms with Gasteiger partial charge < -0.3 is 9.47 Å². The number of ether oxygens (including phenoxy) is 2. The Balaban J connectivity index is 1.38. The molecule has 1 fully saturated rings. The molecule has 224 valence electrons. The Morgan fingerprint density at radius 1 is 0.909 bits per heavy atom. The van der Waals surface area contributed by atoms with Crippen molar-refractivity contribution < 1.29 is 38.4 Å². The summed E-state index contributed by atoms with van der Waals surface area (Å²) in [7, 11) is 1.47. The lowest BCUT2D eigenvalue weighted by molar-refractivity contribution is -0.384. The van der Waals surface area contributed by atoms with Crippen LogP contribution >= 0.6 is 0 Å². The number of hydrogen-bond donors (Lipinski definition) is 0. The van der Waals surface area contributed by atoms with E-state index in [4.69, 9.17) is 9.47 Å². The first-order valence-corrected chi connectivity index (χ1v) is 13.7. The molecule has 2 atom stereocenters. The van der Waals surface area contributed by atoms with E-state index in [1.54, 1.807) is 18.2 Å². The first-order valence-electron chi connectivity index (χ1n) is 13.7. The Labute approximate surface area is 251 Å². The zero-order valence-electron chi connectivity index (χ0n) is 23.8. The number of fused-ring (bicyclic) bond motifs is 1. The zero-order chi connectivity index (χ0) is 31.5. The Kier molecular flexibility index (Phi) is 8.34. The van der Waals surface area contributed by atoms with Crippen LogP contribution in [-0.4, -0.2) is 58.1 Å². The number of ketones is 1. The van der Waals surface area contributed by atoms with Crippen LogP contribution in [0.1, 0.15) is 50.8 Å². The highest BCUT2D eigenvalue weighted by Crippen LogP contribution is 2.38. The Hall–Kier alpha value is -5.65. The van der Waals surface area contributed by atoms with Crippen molar-refractivity contribution in [2.24, 2.45) is 11.8 Å². The molecule has 2 aliphatic rings. The summed E-state index contributed by atoms with van der Waals surface area (Å²) in [6.07, 6.45) is 2.57. The number of hydrazine groups is 1. The fourth-order valence-electron chi connectivity index (χ4n) is 5.22. The van der Waals surface area contributed by atoms with Gasteiger partial charge in [0.15, 0.2) is 5.78 Å². The molecule has 12 nitrogen and oxygen atoms in total. The average Bonchev–Trinajstić information content (AvgIpc) is 3.27. The molecule has 3 amide bonds. The molecule has 3 aromatic carbocycles. The van der Waals surface area contributed by atoms with Gasteiger partial charge in [-0.05, 0) is 74.4 Å². The number of carbonyl (C=O) groups is 5. The largest absolute Gasteiger partial charge is 0.497 e. The summed E-state index contributed by atoms with van der Waals surface area (Å²) >= 11 is 0. The van der Waals surface area contributed by atoms with Crippen molar-refractivity contribution >= 4 is 35.2 Å². The van der Waals surface area contributed by atoms with Crippen LogP contribution in [0.15, 0.2) is 84.4 Å². The van der Waals surface area contributed by atoms with Gasteiger partial charge in [0.05, 0.1) is 29.4 Å². The molecule has 1 heterocycles.